The number of nitrogen functional groups attached to an aromatic ring is 1. The van der Waals surface area contributed by atoms with E-state index in [-0.39, 0.29) is 0 Å². The molecular weight excluding hydrogens is 173 g/mol. The van der Waals surface area contributed by atoms with Gasteiger partial charge in [-0.2, -0.15) is 0 Å². The second kappa shape index (κ2) is 2.85. The van der Waals surface area contributed by atoms with E-state index in [4.69, 9.17) is 10.3 Å². The van der Waals surface area contributed by atoms with Crippen LogP contribution in [0.2, 0.25) is 0 Å². The van der Waals surface area contributed by atoms with Crippen molar-refractivity contribution in [1.82, 2.24) is 10.1 Å². The third-order valence-electron chi connectivity index (χ3n) is 1.57. The minimum absolute atomic E-state index is 0.340. The summed E-state index contributed by atoms with van der Waals surface area (Å²) in [5.74, 6) is -0.0969. The second-order valence-corrected chi connectivity index (χ2v) is 2.50. The first-order chi connectivity index (χ1) is 6.27. The third kappa shape index (κ3) is 1.35. The number of nitrogens with two attached hydrogens (primary N) is 1. The predicted molar refractivity (Wildman–Crippen MR) is 44.1 cm³/mol. The summed E-state index contributed by atoms with van der Waals surface area (Å²) >= 11 is 0. The summed E-state index contributed by atoms with van der Waals surface area (Å²) in [5, 5.41) is 3.48. The van der Waals surface area contributed by atoms with Crippen LogP contribution >= 0.6 is 0 Å². The van der Waals surface area contributed by atoms with Gasteiger partial charge in [-0.25, -0.2) is 4.39 Å². The van der Waals surface area contributed by atoms with Gasteiger partial charge in [0.2, 0.25) is 0 Å². The van der Waals surface area contributed by atoms with Crippen LogP contribution in [-0.4, -0.2) is 10.1 Å². The number of nitrogens with zero attached hydrogens (tertiary/aromatic N) is 2. The number of anilines is 1. The van der Waals surface area contributed by atoms with Gasteiger partial charge in [0, 0.05) is 11.8 Å². The summed E-state index contributed by atoms with van der Waals surface area (Å²) in [5.41, 5.74) is 6.37. The van der Waals surface area contributed by atoms with Crippen LogP contribution in [0.15, 0.2) is 29.2 Å². The minimum Gasteiger partial charge on any atom is -0.394 e. The predicted octanol–water partition coefficient (Wildman–Crippen LogP) is 1.46. The summed E-state index contributed by atoms with van der Waals surface area (Å²) in [6.45, 7) is 0. The molecule has 0 fully saturated rings. The van der Waals surface area contributed by atoms with Crippen LogP contribution in [0.3, 0.4) is 0 Å². The molecule has 0 unspecified atom stereocenters. The van der Waals surface area contributed by atoms with Crippen molar-refractivity contribution in [2.24, 2.45) is 0 Å². The molecule has 0 aromatic carbocycles. The molecule has 2 aromatic rings. The highest BCUT2D eigenvalue weighted by molar-refractivity contribution is 5.68. The van der Waals surface area contributed by atoms with Gasteiger partial charge in [0.1, 0.15) is 11.5 Å². The molecule has 0 saturated heterocycles. The number of aromatic nitrogens is 2. The lowest BCUT2D eigenvalue weighted by Crippen LogP contribution is -1.86. The Morgan fingerprint density at radius 1 is 1.31 bits per heavy atom. The molecule has 2 aromatic heterocycles. The van der Waals surface area contributed by atoms with E-state index in [2.05, 4.69) is 10.1 Å². The van der Waals surface area contributed by atoms with Crippen LogP contribution in [0.5, 0.6) is 0 Å². The number of pyridine rings is 1. The third-order valence-corrected chi connectivity index (χ3v) is 1.57. The molecule has 2 N–H and O–H groups in total. The van der Waals surface area contributed by atoms with Crippen molar-refractivity contribution in [1.29, 1.82) is 0 Å². The molecule has 5 heteroatoms. The Hall–Kier alpha value is -1.91. The highest BCUT2D eigenvalue weighted by Crippen LogP contribution is 2.24. The maximum Gasteiger partial charge on any atom is 0.191 e. The standard InChI is InChI=1S/C8H6FN3O/c9-6-1-5(2-11-3-6)8-7(10)4-12-13-8/h1-4H,10H2. The fourth-order valence-corrected chi connectivity index (χ4v) is 1.00. The molecule has 0 atom stereocenters. The Morgan fingerprint density at radius 2 is 2.15 bits per heavy atom. The minimum atomic E-state index is -0.437. The van der Waals surface area contributed by atoms with Crippen molar-refractivity contribution in [3.63, 3.8) is 0 Å². The van der Waals surface area contributed by atoms with Gasteiger partial charge in [-0.1, -0.05) is 5.16 Å². The van der Waals surface area contributed by atoms with Crippen molar-refractivity contribution >= 4 is 5.69 Å². The van der Waals surface area contributed by atoms with Gasteiger partial charge in [0.15, 0.2) is 5.76 Å². The smallest absolute Gasteiger partial charge is 0.191 e. The maximum atomic E-state index is 12.7. The molecule has 0 aliphatic heterocycles. The lowest BCUT2D eigenvalue weighted by atomic mass is 10.2. The molecule has 0 radical (unpaired) electrons. The van der Waals surface area contributed by atoms with Crippen molar-refractivity contribution in [3.8, 4) is 11.3 Å². The maximum absolute atomic E-state index is 12.7. The Kier molecular flexibility index (Phi) is 1.70. The summed E-state index contributed by atoms with van der Waals surface area (Å²) < 4.78 is 17.5. The summed E-state index contributed by atoms with van der Waals surface area (Å²) in [6, 6.07) is 1.28. The Morgan fingerprint density at radius 3 is 2.77 bits per heavy atom. The summed E-state index contributed by atoms with van der Waals surface area (Å²) in [6.07, 6.45) is 3.93. The van der Waals surface area contributed by atoms with E-state index in [9.17, 15) is 4.39 Å². The molecule has 4 nitrogen and oxygen atoms in total. The van der Waals surface area contributed by atoms with Gasteiger partial charge in [0.25, 0.3) is 0 Å². The van der Waals surface area contributed by atoms with Crippen molar-refractivity contribution in [2.45, 2.75) is 0 Å². The molecule has 13 heavy (non-hydrogen) atoms. The Balaban J connectivity index is 2.53. The zero-order chi connectivity index (χ0) is 9.26. The second-order valence-electron chi connectivity index (χ2n) is 2.50. The van der Waals surface area contributed by atoms with Crippen LogP contribution in [0.1, 0.15) is 0 Å². The Labute approximate surface area is 73.2 Å². The zero-order valence-electron chi connectivity index (χ0n) is 6.57. The largest absolute Gasteiger partial charge is 0.394 e. The lowest BCUT2D eigenvalue weighted by Gasteiger charge is -1.95. The van der Waals surface area contributed by atoms with Crippen LogP contribution in [0.4, 0.5) is 10.1 Å². The quantitative estimate of drug-likeness (QED) is 0.719. The number of hydrogen-bond acceptors (Lipinski definition) is 4. The molecule has 0 aliphatic carbocycles. The number of hydrogen-bond donors (Lipinski definition) is 1. The molecule has 0 saturated carbocycles. The van der Waals surface area contributed by atoms with Crippen LogP contribution < -0.4 is 5.73 Å². The number of halogens is 1. The van der Waals surface area contributed by atoms with E-state index in [1.54, 1.807) is 0 Å². The molecule has 66 valence electrons. The molecular formula is C8H6FN3O. The highest BCUT2D eigenvalue weighted by atomic mass is 19.1. The van der Waals surface area contributed by atoms with Gasteiger partial charge in [-0.05, 0) is 6.07 Å². The fourth-order valence-electron chi connectivity index (χ4n) is 1.00. The van der Waals surface area contributed by atoms with Gasteiger partial charge >= 0.3 is 0 Å². The normalized spacial score (nSPS) is 10.2. The van der Waals surface area contributed by atoms with E-state index in [0.717, 1.165) is 6.20 Å². The van der Waals surface area contributed by atoms with Gasteiger partial charge in [0.05, 0.1) is 12.4 Å². The molecule has 0 aliphatic rings. The van der Waals surface area contributed by atoms with Crippen molar-refractivity contribution in [3.05, 3.63) is 30.5 Å². The average Bonchev–Trinajstić information content (AvgIpc) is 2.51. The van der Waals surface area contributed by atoms with E-state index in [0.29, 0.717) is 17.0 Å². The first-order valence-corrected chi connectivity index (χ1v) is 3.58. The SMILES string of the molecule is Nc1cnoc1-c1cncc(F)c1. The van der Waals surface area contributed by atoms with Gasteiger partial charge in [-0.3, -0.25) is 4.98 Å². The fraction of sp³-hybridized carbons (Fsp3) is 0. The van der Waals surface area contributed by atoms with E-state index in [1.165, 1.54) is 18.5 Å². The van der Waals surface area contributed by atoms with Crippen LogP contribution in [0.25, 0.3) is 11.3 Å². The van der Waals surface area contributed by atoms with Crippen LogP contribution in [-0.2, 0) is 0 Å². The van der Waals surface area contributed by atoms with Crippen molar-refractivity contribution < 1.29 is 8.91 Å². The lowest BCUT2D eigenvalue weighted by molar-refractivity contribution is 0.432. The van der Waals surface area contributed by atoms with Crippen molar-refractivity contribution in [2.75, 3.05) is 5.73 Å². The number of rotatable bonds is 1. The highest BCUT2D eigenvalue weighted by Gasteiger charge is 2.08. The topological polar surface area (TPSA) is 64.9 Å². The molecule has 0 bridgehead atoms. The van der Waals surface area contributed by atoms with E-state index in [1.807, 2.05) is 0 Å². The van der Waals surface area contributed by atoms with Gasteiger partial charge < -0.3 is 10.3 Å². The first-order valence-electron chi connectivity index (χ1n) is 3.58. The zero-order valence-corrected chi connectivity index (χ0v) is 6.57. The first kappa shape index (κ1) is 7.72. The average molecular weight is 179 g/mol. The molecule has 0 spiro atoms. The monoisotopic (exact) mass is 179 g/mol. The molecule has 0 amide bonds. The summed E-state index contributed by atoms with van der Waals surface area (Å²) in [4.78, 5) is 3.66. The van der Waals surface area contributed by atoms with Crippen LogP contribution in [0, 0.1) is 5.82 Å². The Bertz CT molecular complexity index is 427. The van der Waals surface area contributed by atoms with E-state index >= 15 is 0 Å². The van der Waals surface area contributed by atoms with E-state index < -0.39 is 5.82 Å². The van der Waals surface area contributed by atoms with Gasteiger partial charge in [-0.15, -0.1) is 0 Å². The summed E-state index contributed by atoms with van der Waals surface area (Å²) in [7, 11) is 0. The molecule has 2 heterocycles. The molecule has 2 rings (SSSR count).